The van der Waals surface area contributed by atoms with E-state index in [1.807, 2.05) is 17.1 Å². The number of nitrogens with zero attached hydrogens (tertiary/aromatic N) is 2. The summed E-state index contributed by atoms with van der Waals surface area (Å²) in [4.78, 5) is 0. The summed E-state index contributed by atoms with van der Waals surface area (Å²) in [5.74, 6) is 0. The first-order valence-corrected chi connectivity index (χ1v) is 4.73. The van der Waals surface area contributed by atoms with E-state index in [1.54, 1.807) is 0 Å². The third kappa shape index (κ3) is 3.59. The quantitative estimate of drug-likeness (QED) is 0.772. The fourth-order valence-electron chi connectivity index (χ4n) is 1.08. The van der Waals surface area contributed by atoms with Gasteiger partial charge in [0.15, 0.2) is 0 Å². The Morgan fingerprint density at radius 3 is 2.62 bits per heavy atom. The van der Waals surface area contributed by atoms with Gasteiger partial charge in [-0.3, -0.25) is 4.68 Å². The van der Waals surface area contributed by atoms with Gasteiger partial charge in [0, 0.05) is 24.8 Å². The van der Waals surface area contributed by atoms with Crippen molar-refractivity contribution in [3.05, 3.63) is 18.0 Å². The van der Waals surface area contributed by atoms with Gasteiger partial charge in [-0.05, 0) is 11.8 Å². The monoisotopic (exact) mass is 181 g/mol. The number of hydrogen-bond acceptors (Lipinski definition) is 2. The van der Waals surface area contributed by atoms with E-state index in [1.165, 1.54) is 0 Å². The molecular weight excluding hydrogens is 162 g/mol. The number of rotatable bonds is 3. The normalized spacial score (nSPS) is 12.0. The summed E-state index contributed by atoms with van der Waals surface area (Å²) in [5.41, 5.74) is 6.97. The number of hydrogen-bond donors (Lipinski definition) is 1. The van der Waals surface area contributed by atoms with Crippen LogP contribution in [-0.4, -0.2) is 9.78 Å². The Morgan fingerprint density at radius 2 is 2.15 bits per heavy atom. The fraction of sp³-hybridized carbons (Fsp3) is 0.700. The summed E-state index contributed by atoms with van der Waals surface area (Å²) in [5, 5.41) is 4.23. The van der Waals surface area contributed by atoms with Crippen molar-refractivity contribution in [2.75, 3.05) is 0 Å². The first kappa shape index (κ1) is 10.3. The lowest BCUT2D eigenvalue weighted by Crippen LogP contribution is -2.10. The molecular formula is C10H19N3. The topological polar surface area (TPSA) is 43.8 Å². The zero-order chi connectivity index (χ0) is 9.90. The second-order valence-electron chi connectivity index (χ2n) is 4.63. The molecule has 74 valence electrons. The molecule has 0 spiro atoms. The predicted molar refractivity (Wildman–Crippen MR) is 54.2 cm³/mol. The van der Waals surface area contributed by atoms with Gasteiger partial charge < -0.3 is 5.73 Å². The first-order chi connectivity index (χ1) is 6.01. The molecule has 0 radical (unpaired) electrons. The highest BCUT2D eigenvalue weighted by Crippen LogP contribution is 2.18. The molecule has 0 aliphatic rings. The maximum absolute atomic E-state index is 5.49. The Labute approximate surface area is 79.9 Å². The van der Waals surface area contributed by atoms with Crippen LogP contribution in [0.15, 0.2) is 12.4 Å². The Kier molecular flexibility index (Phi) is 3.09. The van der Waals surface area contributed by atoms with E-state index in [0.29, 0.717) is 12.0 Å². The second kappa shape index (κ2) is 3.92. The Balaban J connectivity index is 2.46. The van der Waals surface area contributed by atoms with Crippen LogP contribution in [0.5, 0.6) is 0 Å². The van der Waals surface area contributed by atoms with Crippen LogP contribution in [0.2, 0.25) is 0 Å². The highest BCUT2D eigenvalue weighted by molar-refractivity contribution is 5.02. The zero-order valence-corrected chi connectivity index (χ0v) is 8.75. The van der Waals surface area contributed by atoms with Crippen molar-refractivity contribution in [3.8, 4) is 0 Å². The minimum atomic E-state index is 0.370. The number of aromatic nitrogens is 2. The maximum Gasteiger partial charge on any atom is 0.0534 e. The van der Waals surface area contributed by atoms with Crippen molar-refractivity contribution in [3.63, 3.8) is 0 Å². The molecule has 1 heterocycles. The van der Waals surface area contributed by atoms with Gasteiger partial charge in [-0.2, -0.15) is 5.10 Å². The maximum atomic E-state index is 5.49. The molecule has 0 amide bonds. The van der Waals surface area contributed by atoms with Gasteiger partial charge in [0.1, 0.15) is 0 Å². The Hall–Kier alpha value is -0.830. The molecule has 0 saturated carbocycles. The predicted octanol–water partition coefficient (Wildman–Crippen LogP) is 1.78. The summed E-state index contributed by atoms with van der Waals surface area (Å²) in [6.45, 7) is 8.26. The molecule has 0 fully saturated rings. The van der Waals surface area contributed by atoms with Crippen LogP contribution in [0, 0.1) is 5.41 Å². The summed E-state index contributed by atoms with van der Waals surface area (Å²) in [6.07, 6.45) is 4.99. The molecule has 0 saturated heterocycles. The molecule has 0 aromatic carbocycles. The van der Waals surface area contributed by atoms with E-state index in [-0.39, 0.29) is 0 Å². The minimum absolute atomic E-state index is 0.370. The van der Waals surface area contributed by atoms with Crippen molar-refractivity contribution < 1.29 is 0 Å². The average Bonchev–Trinajstić information content (AvgIpc) is 2.47. The molecule has 0 aliphatic heterocycles. The van der Waals surface area contributed by atoms with Crippen LogP contribution in [0.1, 0.15) is 32.8 Å². The molecule has 1 rings (SSSR count). The van der Waals surface area contributed by atoms with Gasteiger partial charge in [-0.1, -0.05) is 20.8 Å². The van der Waals surface area contributed by atoms with Crippen LogP contribution in [0.25, 0.3) is 0 Å². The Morgan fingerprint density at radius 1 is 1.46 bits per heavy atom. The van der Waals surface area contributed by atoms with Crippen LogP contribution >= 0.6 is 0 Å². The van der Waals surface area contributed by atoms with Crippen molar-refractivity contribution in [2.24, 2.45) is 11.1 Å². The lowest BCUT2D eigenvalue weighted by atomic mass is 9.92. The number of aryl methyl sites for hydroxylation is 1. The third-order valence-corrected chi connectivity index (χ3v) is 2.01. The highest BCUT2D eigenvalue weighted by Gasteiger charge is 2.09. The van der Waals surface area contributed by atoms with Gasteiger partial charge in [0.2, 0.25) is 0 Å². The zero-order valence-electron chi connectivity index (χ0n) is 8.75. The molecule has 2 N–H and O–H groups in total. The van der Waals surface area contributed by atoms with Crippen molar-refractivity contribution >= 4 is 0 Å². The molecule has 13 heavy (non-hydrogen) atoms. The molecule has 0 unspecified atom stereocenters. The molecule has 3 nitrogen and oxygen atoms in total. The van der Waals surface area contributed by atoms with Gasteiger partial charge >= 0.3 is 0 Å². The van der Waals surface area contributed by atoms with Crippen LogP contribution in [-0.2, 0) is 13.1 Å². The molecule has 0 aliphatic carbocycles. The van der Waals surface area contributed by atoms with Gasteiger partial charge in [0.05, 0.1) is 6.20 Å². The van der Waals surface area contributed by atoms with E-state index in [0.717, 1.165) is 18.5 Å². The molecule has 3 heteroatoms. The minimum Gasteiger partial charge on any atom is -0.326 e. The molecule has 1 aromatic heterocycles. The van der Waals surface area contributed by atoms with Crippen molar-refractivity contribution in [2.45, 2.75) is 40.3 Å². The van der Waals surface area contributed by atoms with Crippen LogP contribution in [0.3, 0.4) is 0 Å². The van der Waals surface area contributed by atoms with E-state index < -0.39 is 0 Å². The Bertz CT molecular complexity index is 257. The SMILES string of the molecule is CC(C)(C)CCn1cc(CN)cn1. The van der Waals surface area contributed by atoms with Crippen LogP contribution in [0.4, 0.5) is 0 Å². The van der Waals surface area contributed by atoms with Crippen molar-refractivity contribution in [1.29, 1.82) is 0 Å². The lowest BCUT2D eigenvalue weighted by Gasteiger charge is -2.17. The molecule has 1 aromatic rings. The van der Waals surface area contributed by atoms with Crippen molar-refractivity contribution in [1.82, 2.24) is 9.78 Å². The van der Waals surface area contributed by atoms with Gasteiger partial charge in [-0.25, -0.2) is 0 Å². The van der Waals surface area contributed by atoms with Gasteiger partial charge in [0.25, 0.3) is 0 Å². The van der Waals surface area contributed by atoms with E-state index in [4.69, 9.17) is 5.73 Å². The summed E-state index contributed by atoms with van der Waals surface area (Å²) in [7, 11) is 0. The first-order valence-electron chi connectivity index (χ1n) is 4.73. The third-order valence-electron chi connectivity index (χ3n) is 2.01. The van der Waals surface area contributed by atoms with E-state index in [9.17, 15) is 0 Å². The smallest absolute Gasteiger partial charge is 0.0534 e. The van der Waals surface area contributed by atoms with E-state index in [2.05, 4.69) is 25.9 Å². The van der Waals surface area contributed by atoms with Gasteiger partial charge in [-0.15, -0.1) is 0 Å². The molecule has 0 bridgehead atoms. The standard InChI is InChI=1S/C10H19N3/c1-10(2,3)4-5-13-8-9(6-11)7-12-13/h7-8H,4-6,11H2,1-3H3. The summed E-state index contributed by atoms with van der Waals surface area (Å²) in [6, 6.07) is 0. The summed E-state index contributed by atoms with van der Waals surface area (Å²) >= 11 is 0. The van der Waals surface area contributed by atoms with E-state index >= 15 is 0 Å². The fourth-order valence-corrected chi connectivity index (χ4v) is 1.08. The summed E-state index contributed by atoms with van der Waals surface area (Å²) < 4.78 is 1.97. The average molecular weight is 181 g/mol. The van der Waals surface area contributed by atoms with Crippen LogP contribution < -0.4 is 5.73 Å². The number of nitrogens with two attached hydrogens (primary N) is 1. The lowest BCUT2D eigenvalue weighted by molar-refractivity contribution is 0.341. The molecule has 0 atom stereocenters. The highest BCUT2D eigenvalue weighted by atomic mass is 15.3. The second-order valence-corrected chi connectivity index (χ2v) is 4.63. The largest absolute Gasteiger partial charge is 0.326 e.